The van der Waals surface area contributed by atoms with Gasteiger partial charge in [-0.25, -0.2) is 15.0 Å². The Morgan fingerprint density at radius 1 is 1.32 bits per heavy atom. The number of ether oxygens (including phenoxy) is 1. The third-order valence-electron chi connectivity index (χ3n) is 2.72. The molecule has 6 nitrogen and oxygen atoms in total. The Morgan fingerprint density at radius 3 is 3.00 bits per heavy atom. The van der Waals surface area contributed by atoms with Crippen molar-refractivity contribution < 1.29 is 4.74 Å². The van der Waals surface area contributed by atoms with Crippen LogP contribution < -0.4 is 5.32 Å². The first-order valence-corrected chi connectivity index (χ1v) is 6.32. The SMILES string of the molecule is COCCCn1ccnc1NCc1ccnc(C)n1. The Kier molecular flexibility index (Phi) is 4.85. The van der Waals surface area contributed by atoms with Gasteiger partial charge >= 0.3 is 0 Å². The van der Waals surface area contributed by atoms with E-state index in [1.807, 2.05) is 19.2 Å². The van der Waals surface area contributed by atoms with Gasteiger partial charge in [0, 0.05) is 38.9 Å². The number of aryl methyl sites for hydroxylation is 2. The fourth-order valence-electron chi connectivity index (χ4n) is 1.81. The van der Waals surface area contributed by atoms with Crippen molar-refractivity contribution in [2.24, 2.45) is 0 Å². The van der Waals surface area contributed by atoms with Crippen LogP contribution in [0, 0.1) is 6.92 Å². The van der Waals surface area contributed by atoms with E-state index in [0.717, 1.165) is 37.0 Å². The molecule has 0 amide bonds. The lowest BCUT2D eigenvalue weighted by Gasteiger charge is -2.09. The fourth-order valence-corrected chi connectivity index (χ4v) is 1.81. The van der Waals surface area contributed by atoms with Crippen LogP contribution in [-0.4, -0.2) is 33.2 Å². The molecular formula is C13H19N5O. The molecule has 2 aromatic rings. The van der Waals surface area contributed by atoms with Crippen molar-refractivity contribution in [1.29, 1.82) is 0 Å². The second-order valence-electron chi connectivity index (χ2n) is 4.24. The summed E-state index contributed by atoms with van der Waals surface area (Å²) in [5.74, 6) is 1.63. The molecule has 2 heterocycles. The first kappa shape index (κ1) is 13.5. The van der Waals surface area contributed by atoms with E-state index >= 15 is 0 Å². The minimum atomic E-state index is 0.644. The standard InChI is InChI=1S/C13H19N5O/c1-11-14-5-4-12(17-11)10-16-13-15-6-8-18(13)7-3-9-19-2/h4-6,8H,3,7,9-10H2,1-2H3,(H,15,16). The highest BCUT2D eigenvalue weighted by atomic mass is 16.5. The Labute approximate surface area is 112 Å². The monoisotopic (exact) mass is 261 g/mol. The number of nitrogens with zero attached hydrogens (tertiary/aromatic N) is 4. The van der Waals surface area contributed by atoms with E-state index in [-0.39, 0.29) is 0 Å². The van der Waals surface area contributed by atoms with E-state index in [1.54, 1.807) is 19.5 Å². The van der Waals surface area contributed by atoms with Crippen molar-refractivity contribution in [3.05, 3.63) is 36.2 Å². The molecule has 6 heteroatoms. The second kappa shape index (κ2) is 6.84. The highest BCUT2D eigenvalue weighted by molar-refractivity contribution is 5.26. The van der Waals surface area contributed by atoms with Gasteiger partial charge in [-0.05, 0) is 19.4 Å². The first-order valence-electron chi connectivity index (χ1n) is 6.32. The van der Waals surface area contributed by atoms with Crippen LogP contribution in [0.1, 0.15) is 17.9 Å². The molecule has 1 N–H and O–H groups in total. The van der Waals surface area contributed by atoms with Gasteiger partial charge in [0.25, 0.3) is 0 Å². The molecule has 0 bridgehead atoms. The van der Waals surface area contributed by atoms with Gasteiger partial charge in [-0.2, -0.15) is 0 Å². The molecular weight excluding hydrogens is 242 g/mol. The number of anilines is 1. The van der Waals surface area contributed by atoms with Crippen molar-refractivity contribution in [2.45, 2.75) is 26.4 Å². The summed E-state index contributed by atoms with van der Waals surface area (Å²) in [5, 5.41) is 3.28. The second-order valence-corrected chi connectivity index (χ2v) is 4.24. The van der Waals surface area contributed by atoms with E-state index in [9.17, 15) is 0 Å². The van der Waals surface area contributed by atoms with Crippen molar-refractivity contribution in [2.75, 3.05) is 19.0 Å². The van der Waals surface area contributed by atoms with Crippen LogP contribution in [0.15, 0.2) is 24.7 Å². The van der Waals surface area contributed by atoms with Gasteiger partial charge in [0.15, 0.2) is 0 Å². The summed E-state index contributed by atoms with van der Waals surface area (Å²) in [6, 6.07) is 1.90. The molecule has 0 atom stereocenters. The lowest BCUT2D eigenvalue weighted by molar-refractivity contribution is 0.190. The maximum atomic E-state index is 5.05. The fraction of sp³-hybridized carbons (Fsp3) is 0.462. The molecule has 0 radical (unpaired) electrons. The highest BCUT2D eigenvalue weighted by Gasteiger charge is 2.03. The highest BCUT2D eigenvalue weighted by Crippen LogP contribution is 2.07. The van der Waals surface area contributed by atoms with Crippen molar-refractivity contribution in [3.63, 3.8) is 0 Å². The van der Waals surface area contributed by atoms with Gasteiger partial charge in [-0.3, -0.25) is 0 Å². The molecule has 19 heavy (non-hydrogen) atoms. The van der Waals surface area contributed by atoms with Gasteiger partial charge in [0.05, 0.1) is 12.2 Å². The summed E-state index contributed by atoms with van der Waals surface area (Å²) in [4.78, 5) is 12.7. The maximum absolute atomic E-state index is 5.05. The van der Waals surface area contributed by atoms with Gasteiger partial charge < -0.3 is 14.6 Å². The number of aromatic nitrogens is 4. The summed E-state index contributed by atoms with van der Waals surface area (Å²) >= 11 is 0. The molecule has 0 fully saturated rings. The summed E-state index contributed by atoms with van der Waals surface area (Å²) in [6.07, 6.45) is 6.49. The average Bonchev–Trinajstić information content (AvgIpc) is 2.84. The zero-order chi connectivity index (χ0) is 13.5. The van der Waals surface area contributed by atoms with Crippen LogP contribution in [0.3, 0.4) is 0 Å². The van der Waals surface area contributed by atoms with Crippen LogP contribution >= 0.6 is 0 Å². The summed E-state index contributed by atoms with van der Waals surface area (Å²) < 4.78 is 7.13. The molecule has 0 saturated carbocycles. The van der Waals surface area contributed by atoms with Crippen LogP contribution in [0.2, 0.25) is 0 Å². The van der Waals surface area contributed by atoms with Crippen molar-refractivity contribution in [3.8, 4) is 0 Å². The number of hydrogen-bond donors (Lipinski definition) is 1. The van der Waals surface area contributed by atoms with Gasteiger partial charge in [-0.1, -0.05) is 0 Å². The zero-order valence-electron chi connectivity index (χ0n) is 11.3. The summed E-state index contributed by atoms with van der Waals surface area (Å²) in [5.41, 5.74) is 0.957. The van der Waals surface area contributed by atoms with E-state index in [0.29, 0.717) is 6.54 Å². The predicted molar refractivity (Wildman–Crippen MR) is 72.8 cm³/mol. The normalized spacial score (nSPS) is 10.6. The van der Waals surface area contributed by atoms with E-state index in [4.69, 9.17) is 4.74 Å². The number of nitrogens with one attached hydrogen (secondary N) is 1. The van der Waals surface area contributed by atoms with Gasteiger partial charge in [0.2, 0.25) is 5.95 Å². The smallest absolute Gasteiger partial charge is 0.203 e. The number of hydrogen-bond acceptors (Lipinski definition) is 5. The molecule has 2 rings (SSSR count). The summed E-state index contributed by atoms with van der Waals surface area (Å²) in [7, 11) is 1.71. The molecule has 0 saturated heterocycles. The topological polar surface area (TPSA) is 64.9 Å². The van der Waals surface area contributed by atoms with E-state index in [1.165, 1.54) is 0 Å². The molecule has 0 aliphatic carbocycles. The molecule has 0 unspecified atom stereocenters. The Hall–Kier alpha value is -1.95. The Balaban J connectivity index is 1.90. The largest absolute Gasteiger partial charge is 0.385 e. The zero-order valence-corrected chi connectivity index (χ0v) is 11.3. The maximum Gasteiger partial charge on any atom is 0.203 e. The molecule has 0 aliphatic heterocycles. The number of methoxy groups -OCH3 is 1. The Morgan fingerprint density at radius 2 is 2.21 bits per heavy atom. The van der Waals surface area contributed by atoms with Crippen LogP contribution in [0.5, 0.6) is 0 Å². The molecule has 2 aromatic heterocycles. The van der Waals surface area contributed by atoms with Crippen LogP contribution in [-0.2, 0) is 17.8 Å². The molecule has 0 aromatic carbocycles. The van der Waals surface area contributed by atoms with E-state index in [2.05, 4.69) is 24.8 Å². The average molecular weight is 261 g/mol. The minimum Gasteiger partial charge on any atom is -0.385 e. The lowest BCUT2D eigenvalue weighted by atomic mass is 10.4. The van der Waals surface area contributed by atoms with Crippen LogP contribution in [0.4, 0.5) is 5.95 Å². The van der Waals surface area contributed by atoms with Crippen molar-refractivity contribution >= 4 is 5.95 Å². The van der Waals surface area contributed by atoms with Gasteiger partial charge in [-0.15, -0.1) is 0 Å². The Bertz CT molecular complexity index is 511. The number of rotatable bonds is 7. The molecule has 102 valence electrons. The van der Waals surface area contributed by atoms with Gasteiger partial charge in [0.1, 0.15) is 5.82 Å². The minimum absolute atomic E-state index is 0.644. The first-order chi connectivity index (χ1) is 9.29. The molecule has 0 spiro atoms. The molecule has 0 aliphatic rings. The van der Waals surface area contributed by atoms with E-state index < -0.39 is 0 Å². The third kappa shape index (κ3) is 4.03. The third-order valence-corrected chi connectivity index (χ3v) is 2.72. The number of imidazole rings is 1. The predicted octanol–water partition coefficient (Wildman–Crippen LogP) is 1.63. The van der Waals surface area contributed by atoms with Crippen molar-refractivity contribution in [1.82, 2.24) is 19.5 Å². The quantitative estimate of drug-likeness (QED) is 0.767. The van der Waals surface area contributed by atoms with Crippen LogP contribution in [0.25, 0.3) is 0 Å². The summed E-state index contributed by atoms with van der Waals surface area (Å²) in [6.45, 7) is 4.17. The lowest BCUT2D eigenvalue weighted by Crippen LogP contribution is -2.09.